The van der Waals surface area contributed by atoms with E-state index in [2.05, 4.69) is 4.72 Å². The molecule has 2 rings (SSSR count). The van der Waals surface area contributed by atoms with E-state index in [1.54, 1.807) is 6.92 Å². The van der Waals surface area contributed by atoms with Gasteiger partial charge in [0.1, 0.15) is 6.10 Å². The van der Waals surface area contributed by atoms with Crippen molar-refractivity contribution < 1.29 is 22.1 Å². The van der Waals surface area contributed by atoms with Crippen molar-refractivity contribution in [1.29, 1.82) is 0 Å². The molecule has 0 radical (unpaired) electrons. The summed E-state index contributed by atoms with van der Waals surface area (Å²) in [5, 5.41) is 0. The van der Waals surface area contributed by atoms with E-state index in [1.807, 2.05) is 31.2 Å². The number of nitrogens with one attached hydrogen (secondary N) is 1. The van der Waals surface area contributed by atoms with Crippen LogP contribution >= 0.6 is 0 Å². The molecule has 106 valence electrons. The highest BCUT2D eigenvalue weighted by molar-refractivity contribution is 7.84. The zero-order valence-electron chi connectivity index (χ0n) is 11.0. The lowest BCUT2D eigenvalue weighted by molar-refractivity contribution is -0.0908. The Balaban J connectivity index is 2.26. The fourth-order valence-corrected chi connectivity index (χ4v) is 2.43. The standard InChI is InChI=1S/C12H17NO5S/c1-8-6-4-5-7-10(8)11-12(17-9(2)16-11)18-19(14,15)13-3/h4-7,9,11-13H,1-3H3. The molecule has 1 N–H and O–H groups in total. The number of hydrogen-bond acceptors (Lipinski definition) is 5. The van der Waals surface area contributed by atoms with E-state index in [9.17, 15) is 8.42 Å². The summed E-state index contributed by atoms with van der Waals surface area (Å²) < 4.78 is 40.9. The molecule has 0 aromatic heterocycles. The Morgan fingerprint density at radius 3 is 2.58 bits per heavy atom. The van der Waals surface area contributed by atoms with Crippen molar-refractivity contribution in [3.05, 3.63) is 35.4 Å². The van der Waals surface area contributed by atoms with E-state index in [0.29, 0.717) is 0 Å². The maximum absolute atomic E-state index is 11.5. The molecule has 1 aromatic rings. The SMILES string of the molecule is CNS(=O)(=O)OC1OC(C)OC1c1ccccc1C. The maximum atomic E-state index is 11.5. The molecule has 1 aromatic carbocycles. The van der Waals surface area contributed by atoms with Crippen LogP contribution in [0.3, 0.4) is 0 Å². The van der Waals surface area contributed by atoms with Crippen LogP contribution in [0.4, 0.5) is 0 Å². The molecule has 0 aliphatic carbocycles. The summed E-state index contributed by atoms with van der Waals surface area (Å²) in [4.78, 5) is 0. The van der Waals surface area contributed by atoms with Crippen LogP contribution in [0.5, 0.6) is 0 Å². The summed E-state index contributed by atoms with van der Waals surface area (Å²) in [5.41, 5.74) is 1.84. The fourth-order valence-electron chi connectivity index (χ4n) is 1.93. The minimum absolute atomic E-state index is 0.526. The van der Waals surface area contributed by atoms with Crippen LogP contribution in [0.1, 0.15) is 24.2 Å². The van der Waals surface area contributed by atoms with Gasteiger partial charge in [-0.3, -0.25) is 0 Å². The lowest BCUT2D eigenvalue weighted by Crippen LogP contribution is -2.30. The van der Waals surface area contributed by atoms with Crippen molar-refractivity contribution in [1.82, 2.24) is 4.72 Å². The van der Waals surface area contributed by atoms with Crippen molar-refractivity contribution in [2.75, 3.05) is 7.05 Å². The van der Waals surface area contributed by atoms with Gasteiger partial charge in [0.15, 0.2) is 6.29 Å². The summed E-state index contributed by atoms with van der Waals surface area (Å²) in [6, 6.07) is 7.55. The first kappa shape index (κ1) is 14.4. The summed E-state index contributed by atoms with van der Waals surface area (Å²) >= 11 is 0. The van der Waals surface area contributed by atoms with E-state index in [-0.39, 0.29) is 0 Å². The Labute approximate surface area is 112 Å². The average molecular weight is 287 g/mol. The van der Waals surface area contributed by atoms with Gasteiger partial charge < -0.3 is 9.47 Å². The van der Waals surface area contributed by atoms with Crippen LogP contribution in [0.2, 0.25) is 0 Å². The highest BCUT2D eigenvalue weighted by atomic mass is 32.2. The molecule has 3 unspecified atom stereocenters. The van der Waals surface area contributed by atoms with Crippen LogP contribution in [-0.4, -0.2) is 28.0 Å². The minimum Gasteiger partial charge on any atom is -0.340 e. The van der Waals surface area contributed by atoms with E-state index in [1.165, 1.54) is 7.05 Å². The highest BCUT2D eigenvalue weighted by Crippen LogP contribution is 2.35. The molecular formula is C12H17NO5S. The number of aryl methyl sites for hydroxylation is 1. The van der Waals surface area contributed by atoms with Crippen molar-refractivity contribution >= 4 is 10.3 Å². The molecule has 1 aliphatic rings. The Hall–Kier alpha value is -0.990. The molecule has 1 heterocycles. The third-order valence-electron chi connectivity index (χ3n) is 2.88. The first-order chi connectivity index (χ1) is 8.93. The lowest BCUT2D eigenvalue weighted by atomic mass is 10.0. The third-order valence-corrected chi connectivity index (χ3v) is 3.82. The quantitative estimate of drug-likeness (QED) is 0.901. The molecule has 0 saturated carbocycles. The summed E-state index contributed by atoms with van der Waals surface area (Å²) in [5.74, 6) is 0. The van der Waals surface area contributed by atoms with Crippen molar-refractivity contribution in [2.24, 2.45) is 0 Å². The van der Waals surface area contributed by atoms with E-state index in [4.69, 9.17) is 13.7 Å². The maximum Gasteiger partial charge on any atom is 0.338 e. The average Bonchev–Trinajstić information content (AvgIpc) is 2.70. The predicted molar refractivity (Wildman–Crippen MR) is 68.4 cm³/mol. The van der Waals surface area contributed by atoms with Gasteiger partial charge in [0.25, 0.3) is 0 Å². The van der Waals surface area contributed by atoms with Gasteiger partial charge in [-0.25, -0.2) is 4.18 Å². The third kappa shape index (κ3) is 3.31. The van der Waals surface area contributed by atoms with Gasteiger partial charge in [-0.05, 0) is 25.0 Å². The molecule has 1 aliphatic heterocycles. The second-order valence-electron chi connectivity index (χ2n) is 4.24. The second-order valence-corrected chi connectivity index (χ2v) is 5.75. The molecule has 19 heavy (non-hydrogen) atoms. The number of rotatable bonds is 4. The van der Waals surface area contributed by atoms with Crippen molar-refractivity contribution in [2.45, 2.75) is 32.5 Å². The molecule has 3 atom stereocenters. The first-order valence-corrected chi connectivity index (χ1v) is 7.32. The molecule has 0 bridgehead atoms. The molecule has 0 spiro atoms. The number of benzene rings is 1. The molecular weight excluding hydrogens is 270 g/mol. The van der Waals surface area contributed by atoms with Crippen molar-refractivity contribution in [3.8, 4) is 0 Å². The molecule has 1 saturated heterocycles. The molecule has 7 heteroatoms. The van der Waals surface area contributed by atoms with Crippen LogP contribution in [0.25, 0.3) is 0 Å². The van der Waals surface area contributed by atoms with Crippen LogP contribution in [-0.2, 0) is 24.0 Å². The van der Waals surface area contributed by atoms with Gasteiger partial charge in [-0.2, -0.15) is 13.1 Å². The largest absolute Gasteiger partial charge is 0.340 e. The van der Waals surface area contributed by atoms with Gasteiger partial charge in [-0.15, -0.1) is 0 Å². The Kier molecular flexibility index (Phi) is 4.22. The fraction of sp³-hybridized carbons (Fsp3) is 0.500. The Morgan fingerprint density at radius 2 is 1.95 bits per heavy atom. The van der Waals surface area contributed by atoms with Gasteiger partial charge in [-0.1, -0.05) is 24.3 Å². The summed E-state index contributed by atoms with van der Waals surface area (Å²) in [7, 11) is -2.56. The van der Waals surface area contributed by atoms with Crippen molar-refractivity contribution in [3.63, 3.8) is 0 Å². The predicted octanol–water partition coefficient (Wildman–Crippen LogP) is 1.24. The van der Waals surface area contributed by atoms with Gasteiger partial charge >= 0.3 is 10.3 Å². The zero-order valence-corrected chi connectivity index (χ0v) is 11.8. The highest BCUT2D eigenvalue weighted by Gasteiger charge is 2.39. The summed E-state index contributed by atoms with van der Waals surface area (Å²) in [6.45, 7) is 3.62. The zero-order chi connectivity index (χ0) is 14.0. The lowest BCUT2D eigenvalue weighted by Gasteiger charge is -2.18. The van der Waals surface area contributed by atoms with Gasteiger partial charge in [0.2, 0.25) is 6.29 Å². The monoisotopic (exact) mass is 287 g/mol. The van der Waals surface area contributed by atoms with Crippen LogP contribution < -0.4 is 4.72 Å². The molecule has 0 amide bonds. The second kappa shape index (κ2) is 5.56. The molecule has 6 nitrogen and oxygen atoms in total. The molecule has 1 fully saturated rings. The number of hydrogen-bond donors (Lipinski definition) is 1. The Morgan fingerprint density at radius 1 is 1.26 bits per heavy atom. The topological polar surface area (TPSA) is 73.9 Å². The smallest absolute Gasteiger partial charge is 0.338 e. The normalized spacial score (nSPS) is 27.6. The van der Waals surface area contributed by atoms with E-state index in [0.717, 1.165) is 11.1 Å². The number of ether oxygens (including phenoxy) is 2. The first-order valence-electron chi connectivity index (χ1n) is 5.91. The van der Waals surface area contributed by atoms with Crippen LogP contribution in [0, 0.1) is 6.92 Å². The minimum atomic E-state index is -3.84. The van der Waals surface area contributed by atoms with Gasteiger partial charge in [0.05, 0.1) is 0 Å². The van der Waals surface area contributed by atoms with Gasteiger partial charge in [0, 0.05) is 7.05 Å². The summed E-state index contributed by atoms with van der Waals surface area (Å²) in [6.07, 6.45) is -2.09. The van der Waals surface area contributed by atoms with Crippen LogP contribution in [0.15, 0.2) is 24.3 Å². The Bertz CT molecular complexity index is 545. The van der Waals surface area contributed by atoms with E-state index >= 15 is 0 Å². The van der Waals surface area contributed by atoms with E-state index < -0.39 is 29.0 Å².